The summed E-state index contributed by atoms with van der Waals surface area (Å²) in [4.78, 5) is 0. The predicted octanol–water partition coefficient (Wildman–Crippen LogP) is 3.66. The molecule has 0 radical (unpaired) electrons. The van der Waals surface area contributed by atoms with Crippen LogP contribution >= 0.6 is 22.6 Å². The third-order valence-electron chi connectivity index (χ3n) is 1.39. The normalized spacial score (nSPS) is 11.5. The van der Waals surface area contributed by atoms with E-state index in [9.17, 15) is 17.6 Å². The first-order chi connectivity index (χ1) is 6.42. The molecule has 6 heteroatoms. The van der Waals surface area contributed by atoms with E-state index < -0.39 is 12.2 Å². The molecule has 0 unspecified atom stereocenters. The second kappa shape index (κ2) is 4.33. The van der Waals surface area contributed by atoms with E-state index in [0.29, 0.717) is 0 Å². The highest BCUT2D eigenvalue weighted by Gasteiger charge is 2.31. The van der Waals surface area contributed by atoms with Crippen LogP contribution in [0.2, 0.25) is 0 Å². The number of halogens is 5. The molecule has 0 aliphatic heterocycles. The first kappa shape index (κ1) is 11.5. The average Bonchev–Trinajstić information content (AvgIpc) is 2.06. The molecule has 0 amide bonds. The molecule has 1 aromatic carbocycles. The molecule has 1 nitrogen and oxygen atoms in total. The highest BCUT2D eigenvalue weighted by atomic mass is 127. The molecule has 0 fully saturated rings. The molecular weight excluding hydrogens is 315 g/mol. The first-order valence-electron chi connectivity index (χ1n) is 3.52. The molecule has 0 bridgehead atoms. The molecule has 78 valence electrons. The number of hydrogen-bond donors (Lipinski definition) is 0. The van der Waals surface area contributed by atoms with Gasteiger partial charge in [-0.25, -0.2) is 4.39 Å². The molecule has 0 spiro atoms. The first-order valence-corrected chi connectivity index (χ1v) is 5.05. The zero-order valence-corrected chi connectivity index (χ0v) is 8.89. The maximum Gasteiger partial charge on any atom is 0.573 e. The average molecular weight is 320 g/mol. The lowest BCUT2D eigenvalue weighted by atomic mass is 10.2. The van der Waals surface area contributed by atoms with Gasteiger partial charge < -0.3 is 4.74 Å². The van der Waals surface area contributed by atoms with Gasteiger partial charge in [-0.1, -0.05) is 22.6 Å². The van der Waals surface area contributed by atoms with Gasteiger partial charge in [0.15, 0.2) is 0 Å². The molecule has 0 saturated carbocycles. The molecule has 1 rings (SSSR count). The SMILES string of the molecule is Fc1ccc(OC(F)(F)F)c(CI)c1. The molecule has 1 aromatic rings. The van der Waals surface area contributed by atoms with Crippen LogP contribution in [-0.2, 0) is 4.43 Å². The van der Waals surface area contributed by atoms with Crippen LogP contribution in [0.1, 0.15) is 5.56 Å². The van der Waals surface area contributed by atoms with E-state index in [1.807, 2.05) is 22.6 Å². The lowest BCUT2D eigenvalue weighted by Gasteiger charge is -2.11. The predicted molar refractivity (Wildman–Crippen MR) is 50.8 cm³/mol. The van der Waals surface area contributed by atoms with Gasteiger partial charge in [0.05, 0.1) is 0 Å². The summed E-state index contributed by atoms with van der Waals surface area (Å²) in [5.41, 5.74) is 0.183. The Morgan fingerprint density at radius 1 is 1.29 bits per heavy atom. The van der Waals surface area contributed by atoms with E-state index in [-0.39, 0.29) is 15.7 Å². The Bertz CT molecular complexity index is 324. The van der Waals surface area contributed by atoms with E-state index in [0.717, 1.165) is 18.2 Å². The molecule has 0 aromatic heterocycles. The van der Waals surface area contributed by atoms with Crippen LogP contribution in [0.25, 0.3) is 0 Å². The molecule has 14 heavy (non-hydrogen) atoms. The Hall–Kier alpha value is -0.530. The van der Waals surface area contributed by atoms with Crippen LogP contribution < -0.4 is 4.74 Å². The van der Waals surface area contributed by atoms with Crippen molar-refractivity contribution in [3.05, 3.63) is 29.6 Å². The summed E-state index contributed by atoms with van der Waals surface area (Å²) in [5, 5.41) is 0. The van der Waals surface area contributed by atoms with Crippen LogP contribution in [-0.4, -0.2) is 6.36 Å². The maximum atomic E-state index is 12.6. The van der Waals surface area contributed by atoms with Crippen molar-refractivity contribution in [2.75, 3.05) is 0 Å². The summed E-state index contributed by atoms with van der Waals surface area (Å²) >= 11 is 1.83. The Morgan fingerprint density at radius 2 is 1.93 bits per heavy atom. The van der Waals surface area contributed by atoms with Gasteiger partial charge in [-0.15, -0.1) is 13.2 Å². The third kappa shape index (κ3) is 3.32. The smallest absolute Gasteiger partial charge is 0.405 e. The van der Waals surface area contributed by atoms with Crippen LogP contribution in [0.5, 0.6) is 5.75 Å². The van der Waals surface area contributed by atoms with Crippen LogP contribution in [0, 0.1) is 5.82 Å². The van der Waals surface area contributed by atoms with E-state index >= 15 is 0 Å². The van der Waals surface area contributed by atoms with Crippen molar-refractivity contribution in [1.82, 2.24) is 0 Å². The molecule has 0 saturated heterocycles. The monoisotopic (exact) mass is 320 g/mol. The van der Waals surface area contributed by atoms with Crippen LogP contribution in [0.15, 0.2) is 18.2 Å². The van der Waals surface area contributed by atoms with Gasteiger partial charge in [-0.2, -0.15) is 0 Å². The Morgan fingerprint density at radius 3 is 2.43 bits per heavy atom. The number of benzene rings is 1. The quantitative estimate of drug-likeness (QED) is 0.459. The lowest BCUT2D eigenvalue weighted by molar-refractivity contribution is -0.274. The van der Waals surface area contributed by atoms with Crippen LogP contribution in [0.3, 0.4) is 0 Å². The van der Waals surface area contributed by atoms with Gasteiger partial charge in [-0.05, 0) is 18.2 Å². The number of hydrogen-bond acceptors (Lipinski definition) is 1. The van der Waals surface area contributed by atoms with Crippen molar-refractivity contribution in [3.63, 3.8) is 0 Å². The summed E-state index contributed by atoms with van der Waals surface area (Å²) in [5.74, 6) is -0.931. The fourth-order valence-corrected chi connectivity index (χ4v) is 1.47. The molecule has 0 heterocycles. The van der Waals surface area contributed by atoms with E-state index in [2.05, 4.69) is 4.74 Å². The number of ether oxygens (including phenoxy) is 1. The van der Waals surface area contributed by atoms with E-state index in [1.54, 1.807) is 0 Å². The van der Waals surface area contributed by atoms with E-state index in [1.165, 1.54) is 0 Å². The standard InChI is InChI=1S/C8H5F4IO/c9-6-1-2-7(5(3-6)4-13)14-8(10,11)12/h1-3H,4H2. The van der Waals surface area contributed by atoms with Crippen molar-refractivity contribution in [2.45, 2.75) is 10.8 Å². The van der Waals surface area contributed by atoms with Crippen molar-refractivity contribution in [1.29, 1.82) is 0 Å². The Kier molecular flexibility index (Phi) is 3.57. The van der Waals surface area contributed by atoms with Crippen molar-refractivity contribution >= 4 is 22.6 Å². The minimum Gasteiger partial charge on any atom is -0.405 e. The fraction of sp³-hybridized carbons (Fsp3) is 0.250. The minimum atomic E-state index is -4.74. The maximum absolute atomic E-state index is 12.6. The molecular formula is C8H5F4IO. The highest BCUT2D eigenvalue weighted by Crippen LogP contribution is 2.28. The van der Waals surface area contributed by atoms with Gasteiger partial charge in [0, 0.05) is 9.99 Å². The van der Waals surface area contributed by atoms with E-state index in [4.69, 9.17) is 0 Å². The largest absolute Gasteiger partial charge is 0.573 e. The fourth-order valence-electron chi connectivity index (χ4n) is 0.877. The molecule has 0 aliphatic carbocycles. The second-order valence-corrected chi connectivity index (χ2v) is 3.20. The number of alkyl halides is 4. The summed E-state index contributed by atoms with van der Waals surface area (Å²) < 4.78 is 52.1. The summed E-state index contributed by atoms with van der Waals surface area (Å²) in [7, 11) is 0. The van der Waals surface area contributed by atoms with Crippen molar-refractivity contribution < 1.29 is 22.3 Å². The van der Waals surface area contributed by atoms with Gasteiger partial charge in [0.25, 0.3) is 0 Å². The van der Waals surface area contributed by atoms with Gasteiger partial charge >= 0.3 is 6.36 Å². The van der Waals surface area contributed by atoms with Gasteiger partial charge in [-0.3, -0.25) is 0 Å². The van der Waals surface area contributed by atoms with Crippen molar-refractivity contribution in [2.24, 2.45) is 0 Å². The molecule has 0 N–H and O–H groups in total. The summed E-state index contributed by atoms with van der Waals surface area (Å²) in [6.07, 6.45) is -4.74. The third-order valence-corrected chi connectivity index (χ3v) is 2.21. The van der Waals surface area contributed by atoms with Crippen LogP contribution in [0.4, 0.5) is 17.6 Å². The summed E-state index contributed by atoms with van der Waals surface area (Å²) in [6.45, 7) is 0. The Labute approximate surface area is 91.2 Å². The zero-order valence-electron chi connectivity index (χ0n) is 6.74. The van der Waals surface area contributed by atoms with Crippen molar-refractivity contribution in [3.8, 4) is 5.75 Å². The number of rotatable bonds is 2. The second-order valence-electron chi connectivity index (χ2n) is 2.43. The lowest BCUT2D eigenvalue weighted by Crippen LogP contribution is -2.18. The minimum absolute atomic E-state index is 0.183. The topological polar surface area (TPSA) is 9.23 Å². The van der Waals surface area contributed by atoms with Gasteiger partial charge in [0.1, 0.15) is 11.6 Å². The zero-order chi connectivity index (χ0) is 10.8. The molecule has 0 atom stereocenters. The Balaban J connectivity index is 2.97. The van der Waals surface area contributed by atoms with Gasteiger partial charge in [0.2, 0.25) is 0 Å². The highest BCUT2D eigenvalue weighted by molar-refractivity contribution is 14.1. The molecule has 0 aliphatic rings. The summed E-state index contributed by atoms with van der Waals surface area (Å²) in [6, 6.07) is 2.92.